The summed E-state index contributed by atoms with van der Waals surface area (Å²) >= 11 is 0. The predicted molar refractivity (Wildman–Crippen MR) is 83.8 cm³/mol. The van der Waals surface area contributed by atoms with Crippen LogP contribution in [0, 0.1) is 0 Å². The Morgan fingerprint density at radius 3 is 2.55 bits per heavy atom. The summed E-state index contributed by atoms with van der Waals surface area (Å²) in [5, 5.41) is 0. The van der Waals surface area contributed by atoms with E-state index < -0.39 is 0 Å². The number of nitrogen functional groups attached to an aromatic ring is 1. The maximum atomic E-state index is 5.78. The molecule has 0 aliphatic rings. The second kappa shape index (κ2) is 5.00. The van der Waals surface area contributed by atoms with Crippen LogP contribution in [-0.4, -0.2) is 9.55 Å². The molecule has 3 aromatic rings. The molecule has 3 rings (SSSR count). The van der Waals surface area contributed by atoms with E-state index in [-0.39, 0.29) is 0 Å². The van der Waals surface area contributed by atoms with Crippen LogP contribution in [0.4, 0.5) is 5.69 Å². The van der Waals surface area contributed by atoms with Crippen LogP contribution in [0.3, 0.4) is 0 Å². The van der Waals surface area contributed by atoms with E-state index in [1.54, 1.807) is 0 Å². The van der Waals surface area contributed by atoms with Gasteiger partial charge in [0.25, 0.3) is 0 Å². The number of anilines is 1. The van der Waals surface area contributed by atoms with E-state index in [1.165, 1.54) is 11.1 Å². The Hall–Kier alpha value is -2.29. The first-order valence-electron chi connectivity index (χ1n) is 6.92. The van der Waals surface area contributed by atoms with Crippen molar-refractivity contribution < 1.29 is 0 Å². The third-order valence-corrected chi connectivity index (χ3v) is 3.64. The fraction of sp³-hybridized carbons (Fsp3) is 0.235. The maximum Gasteiger partial charge on any atom is 0.0961 e. The van der Waals surface area contributed by atoms with Crippen LogP contribution in [0.15, 0.2) is 48.8 Å². The molecule has 0 fully saturated rings. The van der Waals surface area contributed by atoms with Crippen LogP contribution in [0.25, 0.3) is 11.0 Å². The third kappa shape index (κ3) is 2.39. The lowest BCUT2D eigenvalue weighted by Gasteiger charge is -2.08. The van der Waals surface area contributed by atoms with Crippen molar-refractivity contribution in [2.75, 3.05) is 5.73 Å². The van der Waals surface area contributed by atoms with Crippen molar-refractivity contribution >= 4 is 16.7 Å². The molecular weight excluding hydrogens is 246 g/mol. The van der Waals surface area contributed by atoms with E-state index in [0.717, 1.165) is 23.3 Å². The first-order chi connectivity index (χ1) is 9.63. The zero-order valence-corrected chi connectivity index (χ0v) is 11.9. The second-order valence-corrected chi connectivity index (χ2v) is 5.52. The van der Waals surface area contributed by atoms with Gasteiger partial charge in [-0.2, -0.15) is 0 Å². The molecule has 0 saturated carbocycles. The molecule has 0 aliphatic heterocycles. The van der Waals surface area contributed by atoms with Gasteiger partial charge >= 0.3 is 0 Å². The molecule has 0 atom stereocenters. The van der Waals surface area contributed by atoms with Crippen molar-refractivity contribution in [1.29, 1.82) is 0 Å². The smallest absolute Gasteiger partial charge is 0.0961 e. The minimum Gasteiger partial charge on any atom is -0.399 e. The second-order valence-electron chi connectivity index (χ2n) is 5.52. The van der Waals surface area contributed by atoms with Crippen molar-refractivity contribution in [1.82, 2.24) is 9.55 Å². The van der Waals surface area contributed by atoms with Crippen LogP contribution in [-0.2, 0) is 6.54 Å². The van der Waals surface area contributed by atoms with Gasteiger partial charge in [0.15, 0.2) is 0 Å². The summed E-state index contributed by atoms with van der Waals surface area (Å²) in [5.41, 5.74) is 11.3. The first kappa shape index (κ1) is 12.7. The SMILES string of the molecule is CC(C)c1ccc(Cn2cnc3cc(N)ccc32)cc1. The van der Waals surface area contributed by atoms with Crippen LogP contribution in [0.1, 0.15) is 30.9 Å². The topological polar surface area (TPSA) is 43.8 Å². The molecule has 1 aromatic heterocycles. The molecule has 0 aliphatic carbocycles. The maximum absolute atomic E-state index is 5.78. The molecule has 0 amide bonds. The summed E-state index contributed by atoms with van der Waals surface area (Å²) in [7, 11) is 0. The zero-order valence-electron chi connectivity index (χ0n) is 11.9. The average Bonchev–Trinajstić information content (AvgIpc) is 2.81. The molecule has 0 radical (unpaired) electrons. The number of nitrogens with two attached hydrogens (primary N) is 1. The van der Waals surface area contributed by atoms with Gasteiger partial charge in [-0.25, -0.2) is 4.98 Å². The fourth-order valence-electron chi connectivity index (χ4n) is 2.41. The summed E-state index contributed by atoms with van der Waals surface area (Å²) < 4.78 is 2.15. The summed E-state index contributed by atoms with van der Waals surface area (Å²) in [6.45, 7) is 5.25. The molecule has 0 spiro atoms. The number of imidazole rings is 1. The Morgan fingerprint density at radius 2 is 1.85 bits per heavy atom. The quantitative estimate of drug-likeness (QED) is 0.732. The minimum atomic E-state index is 0.570. The number of aromatic nitrogens is 2. The number of hydrogen-bond donors (Lipinski definition) is 1. The summed E-state index contributed by atoms with van der Waals surface area (Å²) in [4.78, 5) is 4.40. The lowest BCUT2D eigenvalue weighted by molar-refractivity contribution is 0.818. The van der Waals surface area contributed by atoms with Crippen molar-refractivity contribution in [3.63, 3.8) is 0 Å². The van der Waals surface area contributed by atoms with Crippen molar-refractivity contribution in [2.45, 2.75) is 26.3 Å². The van der Waals surface area contributed by atoms with Crippen molar-refractivity contribution in [3.8, 4) is 0 Å². The Bertz CT molecular complexity index is 724. The molecule has 0 unspecified atom stereocenters. The highest BCUT2D eigenvalue weighted by Gasteiger charge is 2.04. The van der Waals surface area contributed by atoms with Crippen molar-refractivity contribution in [3.05, 3.63) is 59.9 Å². The van der Waals surface area contributed by atoms with E-state index in [0.29, 0.717) is 5.92 Å². The standard InChI is InChI=1S/C17H19N3/c1-12(2)14-5-3-13(4-6-14)10-20-11-19-16-9-15(18)7-8-17(16)20/h3-9,11-12H,10,18H2,1-2H3. The van der Waals surface area contributed by atoms with Gasteiger partial charge in [-0.3, -0.25) is 0 Å². The number of fused-ring (bicyclic) bond motifs is 1. The molecule has 0 bridgehead atoms. The van der Waals surface area contributed by atoms with Gasteiger partial charge < -0.3 is 10.3 Å². The van der Waals surface area contributed by atoms with E-state index in [1.807, 2.05) is 24.5 Å². The average molecular weight is 265 g/mol. The minimum absolute atomic E-state index is 0.570. The van der Waals surface area contributed by atoms with Gasteiger partial charge in [0, 0.05) is 12.2 Å². The van der Waals surface area contributed by atoms with Gasteiger partial charge in [0.1, 0.15) is 0 Å². The Morgan fingerprint density at radius 1 is 1.10 bits per heavy atom. The van der Waals surface area contributed by atoms with Gasteiger partial charge in [-0.15, -0.1) is 0 Å². The Kier molecular flexibility index (Phi) is 3.18. The normalized spacial score (nSPS) is 11.3. The van der Waals surface area contributed by atoms with Gasteiger partial charge in [0.2, 0.25) is 0 Å². The van der Waals surface area contributed by atoms with Crippen LogP contribution in [0.5, 0.6) is 0 Å². The van der Waals surface area contributed by atoms with Gasteiger partial charge in [-0.05, 0) is 35.2 Å². The Labute approximate surface area is 119 Å². The first-order valence-corrected chi connectivity index (χ1v) is 6.92. The van der Waals surface area contributed by atoms with Crippen LogP contribution < -0.4 is 5.73 Å². The van der Waals surface area contributed by atoms with Crippen LogP contribution >= 0.6 is 0 Å². The third-order valence-electron chi connectivity index (χ3n) is 3.64. The van der Waals surface area contributed by atoms with E-state index in [9.17, 15) is 0 Å². The number of rotatable bonds is 3. The molecule has 1 heterocycles. The fourth-order valence-corrected chi connectivity index (χ4v) is 2.41. The Balaban J connectivity index is 1.89. The summed E-state index contributed by atoms with van der Waals surface area (Å²) in [6.07, 6.45) is 1.88. The molecule has 2 aromatic carbocycles. The van der Waals surface area contributed by atoms with Gasteiger partial charge in [-0.1, -0.05) is 38.1 Å². The lowest BCUT2D eigenvalue weighted by Crippen LogP contribution is -1.98. The van der Waals surface area contributed by atoms with E-state index >= 15 is 0 Å². The van der Waals surface area contributed by atoms with Crippen LogP contribution in [0.2, 0.25) is 0 Å². The molecule has 0 saturated heterocycles. The molecule has 2 N–H and O–H groups in total. The lowest BCUT2D eigenvalue weighted by atomic mass is 10.0. The molecule has 20 heavy (non-hydrogen) atoms. The predicted octanol–water partition coefficient (Wildman–Crippen LogP) is 3.79. The van der Waals surface area contributed by atoms with Crippen molar-refractivity contribution in [2.24, 2.45) is 0 Å². The zero-order chi connectivity index (χ0) is 14.1. The molecule has 102 valence electrons. The number of nitrogens with zero attached hydrogens (tertiary/aromatic N) is 2. The highest BCUT2D eigenvalue weighted by atomic mass is 15.0. The highest BCUT2D eigenvalue weighted by molar-refractivity contribution is 5.79. The largest absolute Gasteiger partial charge is 0.399 e. The van der Waals surface area contributed by atoms with E-state index in [2.05, 4.69) is 47.7 Å². The summed E-state index contributed by atoms with van der Waals surface area (Å²) in [5.74, 6) is 0.570. The molecule has 3 nitrogen and oxygen atoms in total. The summed E-state index contributed by atoms with van der Waals surface area (Å²) in [6, 6.07) is 14.7. The number of benzene rings is 2. The number of hydrogen-bond acceptors (Lipinski definition) is 2. The highest BCUT2D eigenvalue weighted by Crippen LogP contribution is 2.19. The monoisotopic (exact) mass is 265 g/mol. The molecule has 3 heteroatoms. The molecular formula is C17H19N3. The van der Waals surface area contributed by atoms with E-state index in [4.69, 9.17) is 5.73 Å². The van der Waals surface area contributed by atoms with Gasteiger partial charge in [0.05, 0.1) is 17.4 Å².